The smallest absolute Gasteiger partial charge is 0.271 e. The Labute approximate surface area is 155 Å². The molecule has 140 valence electrons. The van der Waals surface area contributed by atoms with Gasteiger partial charge in [0.15, 0.2) is 5.82 Å². The Morgan fingerprint density at radius 3 is 2.93 bits per heavy atom. The molecule has 2 N–H and O–H groups in total. The number of ether oxygens (including phenoxy) is 1. The van der Waals surface area contributed by atoms with Gasteiger partial charge in [0, 0.05) is 31.8 Å². The monoisotopic (exact) mass is 369 g/mol. The lowest BCUT2D eigenvalue weighted by atomic mass is 9.94. The number of H-pyrrole nitrogens is 1. The van der Waals surface area contributed by atoms with Gasteiger partial charge in [-0.15, -0.1) is 0 Å². The molecule has 1 atom stereocenters. The maximum atomic E-state index is 13.2. The minimum atomic E-state index is -0.273. The van der Waals surface area contributed by atoms with Crippen molar-refractivity contribution < 1.29 is 13.9 Å². The van der Waals surface area contributed by atoms with Crippen LogP contribution in [0.3, 0.4) is 0 Å². The highest BCUT2D eigenvalue weighted by molar-refractivity contribution is 5.94. The predicted molar refractivity (Wildman–Crippen MR) is 96.9 cm³/mol. The molecule has 0 bridgehead atoms. The average molecular weight is 369 g/mol. The van der Waals surface area contributed by atoms with Crippen LogP contribution in [-0.4, -0.2) is 45.7 Å². The summed E-state index contributed by atoms with van der Waals surface area (Å²) >= 11 is 0. The van der Waals surface area contributed by atoms with Crippen molar-refractivity contribution in [3.8, 4) is 11.5 Å². The summed E-state index contributed by atoms with van der Waals surface area (Å²) in [6, 6.07) is 6.40. The SMILES string of the molecule is COCCn1cncc1-c1nc2c([nH]1)CC(c1ccc(F)cc1)CNC2=O. The number of nitrogens with one attached hydrogen (secondary N) is 2. The zero-order valence-electron chi connectivity index (χ0n) is 14.9. The zero-order chi connectivity index (χ0) is 18.8. The van der Waals surface area contributed by atoms with E-state index < -0.39 is 0 Å². The third-order valence-corrected chi connectivity index (χ3v) is 4.79. The molecule has 0 aliphatic carbocycles. The molecule has 27 heavy (non-hydrogen) atoms. The second kappa shape index (κ2) is 7.32. The molecule has 1 aromatic carbocycles. The Hall–Kier alpha value is -3.00. The molecule has 1 amide bonds. The molecule has 1 aliphatic rings. The van der Waals surface area contributed by atoms with Crippen LogP contribution in [0, 0.1) is 5.82 Å². The molecule has 7 nitrogen and oxygen atoms in total. The first-order chi connectivity index (χ1) is 13.2. The summed E-state index contributed by atoms with van der Waals surface area (Å²) in [5, 5.41) is 2.91. The Kier molecular flexibility index (Phi) is 4.72. The third kappa shape index (κ3) is 3.48. The summed E-state index contributed by atoms with van der Waals surface area (Å²) < 4.78 is 20.3. The summed E-state index contributed by atoms with van der Waals surface area (Å²) in [6.45, 7) is 1.67. The van der Waals surface area contributed by atoms with Crippen LogP contribution >= 0.6 is 0 Å². The molecule has 1 unspecified atom stereocenters. The first-order valence-electron chi connectivity index (χ1n) is 8.77. The fourth-order valence-corrected chi connectivity index (χ4v) is 3.34. The molecule has 3 heterocycles. The van der Waals surface area contributed by atoms with Gasteiger partial charge < -0.3 is 19.6 Å². The quantitative estimate of drug-likeness (QED) is 0.722. The van der Waals surface area contributed by atoms with Crippen molar-refractivity contribution in [1.29, 1.82) is 0 Å². The van der Waals surface area contributed by atoms with Gasteiger partial charge in [-0.25, -0.2) is 14.4 Å². The van der Waals surface area contributed by atoms with Crippen molar-refractivity contribution in [3.63, 3.8) is 0 Å². The van der Waals surface area contributed by atoms with Crippen LogP contribution in [-0.2, 0) is 17.7 Å². The van der Waals surface area contributed by atoms with Crippen molar-refractivity contribution in [1.82, 2.24) is 24.8 Å². The van der Waals surface area contributed by atoms with Gasteiger partial charge in [0.25, 0.3) is 5.91 Å². The highest BCUT2D eigenvalue weighted by Gasteiger charge is 2.27. The van der Waals surface area contributed by atoms with Gasteiger partial charge >= 0.3 is 0 Å². The van der Waals surface area contributed by atoms with Gasteiger partial charge in [-0.1, -0.05) is 12.1 Å². The molecule has 0 saturated carbocycles. The lowest BCUT2D eigenvalue weighted by Crippen LogP contribution is -2.26. The molecule has 0 fully saturated rings. The van der Waals surface area contributed by atoms with Crippen molar-refractivity contribution in [2.45, 2.75) is 18.9 Å². The Balaban J connectivity index is 1.65. The van der Waals surface area contributed by atoms with Crippen LogP contribution in [0.5, 0.6) is 0 Å². The van der Waals surface area contributed by atoms with E-state index in [1.807, 2.05) is 4.57 Å². The zero-order valence-corrected chi connectivity index (χ0v) is 14.9. The summed E-state index contributed by atoms with van der Waals surface area (Å²) in [5.41, 5.74) is 2.94. The molecule has 3 aromatic rings. The van der Waals surface area contributed by atoms with E-state index in [1.54, 1.807) is 31.8 Å². The summed E-state index contributed by atoms with van der Waals surface area (Å²) in [4.78, 5) is 24.5. The molecule has 0 spiro atoms. The topological polar surface area (TPSA) is 84.8 Å². The molecule has 0 saturated heterocycles. The standard InChI is InChI=1S/C19H20FN5O2/c1-27-7-6-25-11-21-10-16(25)18-23-15-8-13(9-22-19(26)17(15)24-18)12-2-4-14(20)5-3-12/h2-5,10-11,13H,6-9H2,1H3,(H,22,26)(H,23,24). The third-order valence-electron chi connectivity index (χ3n) is 4.79. The minimum absolute atomic E-state index is 0.0440. The number of nitrogens with zero attached hydrogens (tertiary/aromatic N) is 3. The minimum Gasteiger partial charge on any atom is -0.383 e. The molecule has 4 rings (SSSR count). The highest BCUT2D eigenvalue weighted by atomic mass is 19.1. The fraction of sp³-hybridized carbons (Fsp3) is 0.316. The van der Waals surface area contributed by atoms with Crippen LogP contribution in [0.25, 0.3) is 11.5 Å². The molecule has 0 radical (unpaired) electrons. The van der Waals surface area contributed by atoms with Crippen molar-refractivity contribution >= 4 is 5.91 Å². The van der Waals surface area contributed by atoms with E-state index >= 15 is 0 Å². The van der Waals surface area contributed by atoms with E-state index in [1.165, 1.54) is 12.1 Å². The fourth-order valence-electron chi connectivity index (χ4n) is 3.34. The molecular weight excluding hydrogens is 349 g/mol. The number of rotatable bonds is 5. The van der Waals surface area contributed by atoms with Crippen molar-refractivity contribution in [2.75, 3.05) is 20.3 Å². The van der Waals surface area contributed by atoms with Gasteiger partial charge in [0.1, 0.15) is 17.2 Å². The Bertz CT molecular complexity index is 947. The number of aromatic nitrogens is 4. The average Bonchev–Trinajstić information content (AvgIpc) is 3.27. The van der Waals surface area contributed by atoms with Crippen LogP contribution in [0.15, 0.2) is 36.8 Å². The van der Waals surface area contributed by atoms with Gasteiger partial charge in [-0.05, 0) is 24.1 Å². The normalized spacial score (nSPS) is 16.7. The van der Waals surface area contributed by atoms with Crippen LogP contribution in [0.4, 0.5) is 4.39 Å². The number of aromatic amines is 1. The number of hydrogen-bond acceptors (Lipinski definition) is 4. The highest BCUT2D eigenvalue weighted by Crippen LogP contribution is 2.27. The van der Waals surface area contributed by atoms with Crippen LogP contribution < -0.4 is 5.32 Å². The van der Waals surface area contributed by atoms with Crippen LogP contribution in [0.1, 0.15) is 27.7 Å². The van der Waals surface area contributed by atoms with Crippen molar-refractivity contribution in [3.05, 3.63) is 59.6 Å². The van der Waals surface area contributed by atoms with Gasteiger partial charge in [-0.2, -0.15) is 0 Å². The van der Waals surface area contributed by atoms with E-state index in [0.29, 0.717) is 37.6 Å². The summed E-state index contributed by atoms with van der Waals surface area (Å²) in [7, 11) is 1.64. The number of carbonyl (C=O) groups is 1. The lowest BCUT2D eigenvalue weighted by Gasteiger charge is -2.14. The second-order valence-electron chi connectivity index (χ2n) is 6.54. The molecule has 2 aromatic heterocycles. The summed E-state index contributed by atoms with van der Waals surface area (Å²) in [6.07, 6.45) is 4.03. The Morgan fingerprint density at radius 1 is 1.33 bits per heavy atom. The maximum Gasteiger partial charge on any atom is 0.271 e. The number of imidazole rings is 2. The molecule has 1 aliphatic heterocycles. The van der Waals surface area contributed by atoms with Crippen LogP contribution in [0.2, 0.25) is 0 Å². The first-order valence-corrected chi connectivity index (χ1v) is 8.77. The van der Waals surface area contributed by atoms with Gasteiger partial charge in [0.2, 0.25) is 0 Å². The number of methoxy groups -OCH3 is 1. The number of fused-ring (bicyclic) bond motifs is 1. The number of benzene rings is 1. The molecule has 8 heteroatoms. The van der Waals surface area contributed by atoms with E-state index in [9.17, 15) is 9.18 Å². The largest absolute Gasteiger partial charge is 0.383 e. The van der Waals surface area contributed by atoms with Gasteiger partial charge in [-0.3, -0.25) is 4.79 Å². The van der Waals surface area contributed by atoms with Crippen molar-refractivity contribution in [2.24, 2.45) is 0 Å². The van der Waals surface area contributed by atoms with Gasteiger partial charge in [0.05, 0.1) is 19.1 Å². The second-order valence-corrected chi connectivity index (χ2v) is 6.54. The van der Waals surface area contributed by atoms with E-state index in [2.05, 4.69) is 20.3 Å². The lowest BCUT2D eigenvalue weighted by molar-refractivity contribution is 0.0950. The number of hydrogen-bond donors (Lipinski definition) is 2. The van der Waals surface area contributed by atoms with E-state index in [0.717, 1.165) is 17.0 Å². The predicted octanol–water partition coefficient (Wildman–Crippen LogP) is 2.13. The summed E-state index contributed by atoms with van der Waals surface area (Å²) in [5.74, 6) is 0.163. The van der Waals surface area contributed by atoms with E-state index in [4.69, 9.17) is 4.74 Å². The first kappa shape index (κ1) is 17.4. The number of carbonyl (C=O) groups excluding carboxylic acids is 1. The molecular formula is C19H20FN5O2. The van der Waals surface area contributed by atoms with E-state index in [-0.39, 0.29) is 17.6 Å². The number of amides is 1. The Morgan fingerprint density at radius 2 is 2.15 bits per heavy atom. The maximum absolute atomic E-state index is 13.2. The number of halogens is 1.